The zero-order valence-electron chi connectivity index (χ0n) is 12.6. The Kier molecular flexibility index (Phi) is 3.66. The number of Topliss-reactive ketones (excluding diaryl/α,β-unsaturated/α-hetero) is 1. The predicted octanol–water partition coefficient (Wildman–Crippen LogP) is 1.79. The molecule has 4 rings (SSSR count). The second-order valence-corrected chi connectivity index (χ2v) is 6.35. The standard InChI is InChI=1S/C17H14ClFN2O3/c18-9-5-8(1-2-10(9)19)14-15-12(6-24-7-13(15)22)21-11-3-4-20-17(23)16(11)14/h1-2,5,14,21H,3-4,6-7H2,(H,20,23). The van der Waals surface area contributed by atoms with Gasteiger partial charge in [-0.1, -0.05) is 17.7 Å². The fraction of sp³-hybridized carbons (Fsp3) is 0.294. The molecule has 0 saturated heterocycles. The van der Waals surface area contributed by atoms with Crippen LogP contribution in [0.2, 0.25) is 5.02 Å². The Morgan fingerprint density at radius 1 is 1.17 bits per heavy atom. The van der Waals surface area contributed by atoms with Crippen LogP contribution < -0.4 is 10.6 Å². The van der Waals surface area contributed by atoms with Gasteiger partial charge in [-0.3, -0.25) is 9.59 Å². The third-order valence-corrected chi connectivity index (χ3v) is 4.78. The van der Waals surface area contributed by atoms with Crippen LogP contribution in [-0.4, -0.2) is 31.4 Å². The van der Waals surface area contributed by atoms with Gasteiger partial charge in [0.2, 0.25) is 5.91 Å². The Bertz CT molecular complexity index is 789. The minimum Gasteiger partial charge on any atom is -0.367 e. The maximum absolute atomic E-state index is 13.6. The zero-order valence-corrected chi connectivity index (χ0v) is 13.4. The van der Waals surface area contributed by atoms with E-state index in [-0.39, 0.29) is 29.9 Å². The van der Waals surface area contributed by atoms with Gasteiger partial charge in [-0.2, -0.15) is 0 Å². The molecule has 0 aromatic heterocycles. The Balaban J connectivity index is 1.92. The highest BCUT2D eigenvalue weighted by Gasteiger charge is 2.40. The first-order valence-electron chi connectivity index (χ1n) is 7.63. The summed E-state index contributed by atoms with van der Waals surface area (Å²) in [6, 6.07) is 4.30. The molecule has 5 nitrogen and oxygen atoms in total. The summed E-state index contributed by atoms with van der Waals surface area (Å²) in [6.45, 7) is 0.778. The number of halogens is 2. The molecule has 2 N–H and O–H groups in total. The number of amides is 1. The summed E-state index contributed by atoms with van der Waals surface area (Å²) in [5, 5.41) is 5.96. The van der Waals surface area contributed by atoms with E-state index in [2.05, 4.69) is 10.6 Å². The van der Waals surface area contributed by atoms with Gasteiger partial charge in [-0.15, -0.1) is 0 Å². The molecule has 24 heavy (non-hydrogen) atoms. The maximum Gasteiger partial charge on any atom is 0.249 e. The van der Waals surface area contributed by atoms with Crippen molar-refractivity contribution >= 4 is 23.3 Å². The summed E-state index contributed by atoms with van der Waals surface area (Å²) in [6.07, 6.45) is 0.636. The molecule has 0 radical (unpaired) electrons. The lowest BCUT2D eigenvalue weighted by Gasteiger charge is -2.37. The number of carbonyl (C=O) groups is 2. The molecule has 0 spiro atoms. The monoisotopic (exact) mass is 348 g/mol. The van der Waals surface area contributed by atoms with Gasteiger partial charge >= 0.3 is 0 Å². The molecule has 3 heterocycles. The van der Waals surface area contributed by atoms with Gasteiger partial charge in [0.15, 0.2) is 5.78 Å². The number of hydrogen-bond donors (Lipinski definition) is 2. The number of rotatable bonds is 1. The average Bonchev–Trinajstić information content (AvgIpc) is 2.56. The van der Waals surface area contributed by atoms with Gasteiger partial charge in [-0.05, 0) is 17.7 Å². The van der Waals surface area contributed by atoms with Gasteiger partial charge in [0.05, 0.1) is 11.6 Å². The number of benzene rings is 1. The molecule has 3 aliphatic heterocycles. The number of ketones is 1. The van der Waals surface area contributed by atoms with Crippen LogP contribution in [0.25, 0.3) is 0 Å². The Labute approximate surface area is 142 Å². The van der Waals surface area contributed by atoms with Crippen molar-refractivity contribution in [2.24, 2.45) is 0 Å². The van der Waals surface area contributed by atoms with Crippen LogP contribution in [0, 0.1) is 5.82 Å². The molecular weight excluding hydrogens is 335 g/mol. The van der Waals surface area contributed by atoms with Crippen LogP contribution in [0.5, 0.6) is 0 Å². The highest BCUT2D eigenvalue weighted by molar-refractivity contribution is 6.30. The summed E-state index contributed by atoms with van der Waals surface area (Å²) in [7, 11) is 0. The molecule has 1 atom stereocenters. The molecule has 3 aliphatic rings. The highest BCUT2D eigenvalue weighted by Crippen LogP contribution is 2.42. The third kappa shape index (κ3) is 2.34. The summed E-state index contributed by atoms with van der Waals surface area (Å²) >= 11 is 5.92. The first-order valence-corrected chi connectivity index (χ1v) is 8.01. The smallest absolute Gasteiger partial charge is 0.249 e. The van der Waals surface area contributed by atoms with Crippen molar-refractivity contribution < 1.29 is 18.7 Å². The average molecular weight is 349 g/mol. The first kappa shape index (κ1) is 15.4. The molecule has 0 fully saturated rings. The van der Waals surface area contributed by atoms with E-state index in [1.165, 1.54) is 12.1 Å². The van der Waals surface area contributed by atoms with Crippen molar-refractivity contribution in [1.82, 2.24) is 10.6 Å². The van der Waals surface area contributed by atoms with Crippen LogP contribution in [0.3, 0.4) is 0 Å². The molecule has 1 aromatic carbocycles. The van der Waals surface area contributed by atoms with Crippen molar-refractivity contribution in [2.75, 3.05) is 19.8 Å². The molecule has 7 heteroatoms. The Morgan fingerprint density at radius 3 is 2.79 bits per heavy atom. The summed E-state index contributed by atoms with van der Waals surface area (Å²) in [5.41, 5.74) is 3.07. The Hall–Kier alpha value is -2.18. The normalized spacial score (nSPS) is 23.5. The van der Waals surface area contributed by atoms with Crippen LogP contribution in [-0.2, 0) is 14.3 Å². The van der Waals surface area contributed by atoms with Gasteiger partial charge in [0.25, 0.3) is 0 Å². The molecule has 1 aromatic rings. The van der Waals surface area contributed by atoms with E-state index in [1.54, 1.807) is 6.07 Å². The summed E-state index contributed by atoms with van der Waals surface area (Å²) in [5.74, 6) is -1.51. The largest absolute Gasteiger partial charge is 0.367 e. The second kappa shape index (κ2) is 5.72. The van der Waals surface area contributed by atoms with Gasteiger partial charge < -0.3 is 15.4 Å². The van der Waals surface area contributed by atoms with E-state index in [9.17, 15) is 14.0 Å². The molecule has 124 valence electrons. The fourth-order valence-electron chi connectivity index (χ4n) is 3.46. The lowest BCUT2D eigenvalue weighted by molar-refractivity contribution is -0.121. The van der Waals surface area contributed by atoms with Crippen LogP contribution in [0.15, 0.2) is 40.7 Å². The first-order chi connectivity index (χ1) is 11.6. The molecular formula is C17H14ClFN2O3. The minimum absolute atomic E-state index is 0.0316. The lowest BCUT2D eigenvalue weighted by Crippen LogP contribution is -2.44. The van der Waals surface area contributed by atoms with Crippen molar-refractivity contribution in [2.45, 2.75) is 12.3 Å². The van der Waals surface area contributed by atoms with Crippen LogP contribution in [0.1, 0.15) is 17.9 Å². The Morgan fingerprint density at radius 2 is 2.00 bits per heavy atom. The van der Waals surface area contributed by atoms with Crippen molar-refractivity contribution in [3.05, 3.63) is 57.1 Å². The number of ether oxygens (including phenoxy) is 1. The molecule has 0 bridgehead atoms. The maximum atomic E-state index is 13.6. The molecule has 1 unspecified atom stereocenters. The molecule has 1 amide bonds. The van der Waals surface area contributed by atoms with Gasteiger partial charge in [0.1, 0.15) is 12.4 Å². The predicted molar refractivity (Wildman–Crippen MR) is 84.8 cm³/mol. The van der Waals surface area contributed by atoms with Gasteiger partial charge in [-0.25, -0.2) is 4.39 Å². The number of dihydropyridines is 1. The summed E-state index contributed by atoms with van der Waals surface area (Å²) < 4.78 is 18.9. The minimum atomic E-state index is -0.564. The summed E-state index contributed by atoms with van der Waals surface area (Å²) in [4.78, 5) is 24.9. The molecule has 0 aliphatic carbocycles. The van der Waals surface area contributed by atoms with Crippen molar-refractivity contribution in [3.8, 4) is 0 Å². The van der Waals surface area contributed by atoms with Crippen molar-refractivity contribution in [3.63, 3.8) is 0 Å². The SMILES string of the molecule is O=C1COCC2=C1C(c1ccc(F)c(Cl)c1)C1=C(CCNC1=O)N2. The van der Waals surface area contributed by atoms with Crippen molar-refractivity contribution in [1.29, 1.82) is 0 Å². The number of carbonyl (C=O) groups excluding carboxylic acids is 2. The van der Waals surface area contributed by atoms with E-state index in [4.69, 9.17) is 16.3 Å². The van der Waals surface area contributed by atoms with Crippen LogP contribution in [0.4, 0.5) is 4.39 Å². The fourth-order valence-corrected chi connectivity index (χ4v) is 3.65. The zero-order chi connectivity index (χ0) is 16.8. The van der Waals surface area contributed by atoms with E-state index in [0.29, 0.717) is 35.4 Å². The number of nitrogens with one attached hydrogen (secondary N) is 2. The second-order valence-electron chi connectivity index (χ2n) is 5.94. The van der Waals surface area contributed by atoms with Crippen LogP contribution >= 0.6 is 11.6 Å². The van der Waals surface area contributed by atoms with Gasteiger partial charge in [0, 0.05) is 41.4 Å². The van der Waals surface area contributed by atoms with E-state index < -0.39 is 11.7 Å². The molecule has 0 saturated carbocycles. The van der Waals surface area contributed by atoms with E-state index in [0.717, 1.165) is 5.70 Å². The highest BCUT2D eigenvalue weighted by atomic mass is 35.5. The number of hydrogen-bond acceptors (Lipinski definition) is 4. The van der Waals surface area contributed by atoms with E-state index in [1.807, 2.05) is 0 Å². The van der Waals surface area contributed by atoms with E-state index >= 15 is 0 Å². The lowest BCUT2D eigenvalue weighted by atomic mass is 9.76. The topological polar surface area (TPSA) is 67.4 Å². The quantitative estimate of drug-likeness (QED) is 0.812. The third-order valence-electron chi connectivity index (χ3n) is 4.49.